The van der Waals surface area contributed by atoms with Crippen molar-refractivity contribution in [3.05, 3.63) is 0 Å². The van der Waals surface area contributed by atoms with E-state index in [2.05, 4.69) is 6.92 Å². The smallest absolute Gasteiger partial charge is 0.157 e. The zero-order chi connectivity index (χ0) is 25.3. The maximum atomic E-state index is 12.2. The van der Waals surface area contributed by atoms with Gasteiger partial charge in [-0.1, -0.05) is 90.4 Å². The van der Waals surface area contributed by atoms with Crippen LogP contribution in [0.25, 0.3) is 0 Å². The van der Waals surface area contributed by atoms with Crippen molar-refractivity contribution in [3.8, 4) is 0 Å². The molecule has 34 heavy (non-hydrogen) atoms. The highest BCUT2D eigenvalue weighted by Crippen LogP contribution is 2.13. The molecule has 0 atom stereocenters. The minimum absolute atomic E-state index is 0.0549. The van der Waals surface area contributed by atoms with Gasteiger partial charge in [0.2, 0.25) is 0 Å². The Hall–Kier alpha value is -0.750. The van der Waals surface area contributed by atoms with Crippen LogP contribution in [0.15, 0.2) is 0 Å². The Balaban J connectivity index is 3.56. The number of rotatable bonds is 27. The first-order valence-corrected chi connectivity index (χ1v) is 16.0. The van der Waals surface area contributed by atoms with E-state index in [1.54, 1.807) is 7.11 Å². The lowest BCUT2D eigenvalue weighted by molar-refractivity contribution is -0.119. The molecule has 0 bridgehead atoms. The van der Waals surface area contributed by atoms with Gasteiger partial charge in [0.25, 0.3) is 0 Å². The van der Waals surface area contributed by atoms with Gasteiger partial charge in [0.15, 0.2) is 9.84 Å². The molecule has 5 nitrogen and oxygen atoms in total. The first kappa shape index (κ1) is 33.2. The highest BCUT2D eigenvalue weighted by Gasteiger charge is 2.16. The molecule has 202 valence electrons. The summed E-state index contributed by atoms with van der Waals surface area (Å²) in [5, 5.41) is 0. The fraction of sp³-hybridized carbons (Fsp3) is 0.929. The topological polar surface area (TPSA) is 77.5 Å². The van der Waals surface area contributed by atoms with Crippen molar-refractivity contribution < 1.29 is 22.7 Å². The van der Waals surface area contributed by atoms with Gasteiger partial charge in [-0.15, -0.1) is 0 Å². The normalized spacial score (nSPS) is 11.7. The molecule has 0 heterocycles. The van der Waals surface area contributed by atoms with Crippen LogP contribution in [-0.2, 0) is 24.2 Å². The van der Waals surface area contributed by atoms with E-state index in [-0.39, 0.29) is 23.1 Å². The predicted octanol–water partition coefficient (Wildman–Crippen LogP) is 7.40. The second kappa shape index (κ2) is 24.0. The van der Waals surface area contributed by atoms with Crippen molar-refractivity contribution >= 4 is 21.4 Å². The number of ketones is 2. The fourth-order valence-electron chi connectivity index (χ4n) is 4.24. The minimum atomic E-state index is -3.32. The summed E-state index contributed by atoms with van der Waals surface area (Å²) in [6, 6.07) is 0. The molecule has 0 aliphatic rings. The molecule has 0 aromatic carbocycles. The summed E-state index contributed by atoms with van der Waals surface area (Å²) in [5.41, 5.74) is 0. The SMILES string of the molecule is CCCCCCCCCCCCCCCC(=O)CS(=O)(=O)CCCCCC(=O)CCCCOC. The standard InChI is InChI=1S/C28H54O5S/c1-3-4-5-6-7-8-9-10-11-12-13-14-16-23-28(30)26-34(31,32)25-20-15-17-21-27(29)22-18-19-24-33-2/h3-26H2,1-2H3. The van der Waals surface area contributed by atoms with Crippen LogP contribution in [0.4, 0.5) is 0 Å². The van der Waals surface area contributed by atoms with Crippen LogP contribution in [0.3, 0.4) is 0 Å². The Labute approximate surface area is 211 Å². The Kier molecular flexibility index (Phi) is 23.4. The third-order valence-electron chi connectivity index (χ3n) is 6.41. The molecule has 0 rings (SSSR count). The first-order chi connectivity index (χ1) is 16.4. The molecule has 0 radical (unpaired) electrons. The van der Waals surface area contributed by atoms with Crippen LogP contribution in [-0.4, -0.2) is 45.2 Å². The molecule has 6 heteroatoms. The van der Waals surface area contributed by atoms with E-state index < -0.39 is 9.84 Å². The Morgan fingerprint density at radius 1 is 0.559 bits per heavy atom. The van der Waals surface area contributed by atoms with Gasteiger partial charge in [-0.05, 0) is 32.1 Å². The highest BCUT2D eigenvalue weighted by molar-refractivity contribution is 7.92. The van der Waals surface area contributed by atoms with E-state index in [1.165, 1.54) is 64.2 Å². The first-order valence-electron chi connectivity index (χ1n) is 14.1. The summed E-state index contributed by atoms with van der Waals surface area (Å²) in [6.45, 7) is 2.93. The zero-order valence-corrected chi connectivity index (χ0v) is 23.2. The van der Waals surface area contributed by atoms with Crippen molar-refractivity contribution in [2.75, 3.05) is 25.2 Å². The van der Waals surface area contributed by atoms with Crippen molar-refractivity contribution in [1.29, 1.82) is 0 Å². The van der Waals surface area contributed by atoms with E-state index in [4.69, 9.17) is 4.74 Å². The van der Waals surface area contributed by atoms with Crippen molar-refractivity contribution in [2.24, 2.45) is 0 Å². The van der Waals surface area contributed by atoms with E-state index in [1.807, 2.05) is 0 Å². The predicted molar refractivity (Wildman–Crippen MR) is 143 cm³/mol. The molecule has 0 aliphatic carbocycles. The maximum absolute atomic E-state index is 12.2. The molecule has 0 fully saturated rings. The van der Waals surface area contributed by atoms with Crippen LogP contribution >= 0.6 is 0 Å². The molecule has 0 saturated heterocycles. The number of unbranched alkanes of at least 4 members (excludes halogenated alkanes) is 15. The van der Waals surface area contributed by atoms with Crippen molar-refractivity contribution in [1.82, 2.24) is 0 Å². The number of Topliss-reactive ketones (excluding diaryl/α,β-unsaturated/α-hetero) is 2. The molecule has 0 aromatic heterocycles. The van der Waals surface area contributed by atoms with Gasteiger partial charge in [-0.25, -0.2) is 8.42 Å². The molecule has 0 aromatic rings. The summed E-state index contributed by atoms with van der Waals surface area (Å²) in [7, 11) is -1.66. The summed E-state index contributed by atoms with van der Waals surface area (Å²) in [5.74, 6) is -0.162. The third-order valence-corrected chi connectivity index (χ3v) is 8.08. The molecular formula is C28H54O5S. The Morgan fingerprint density at radius 3 is 1.47 bits per heavy atom. The van der Waals surface area contributed by atoms with Gasteiger partial charge < -0.3 is 4.74 Å². The van der Waals surface area contributed by atoms with E-state index in [0.29, 0.717) is 32.3 Å². The molecule has 0 aliphatic heterocycles. The molecule has 0 saturated carbocycles. The summed E-state index contributed by atoms with van der Waals surface area (Å²) in [6.07, 6.45) is 21.5. The van der Waals surface area contributed by atoms with E-state index in [9.17, 15) is 18.0 Å². The lowest BCUT2D eigenvalue weighted by atomic mass is 10.0. The number of hydrogen-bond acceptors (Lipinski definition) is 5. The largest absolute Gasteiger partial charge is 0.385 e. The lowest BCUT2D eigenvalue weighted by Gasteiger charge is -2.05. The zero-order valence-electron chi connectivity index (χ0n) is 22.4. The van der Waals surface area contributed by atoms with Crippen LogP contribution in [0, 0.1) is 0 Å². The van der Waals surface area contributed by atoms with Crippen molar-refractivity contribution in [2.45, 2.75) is 142 Å². The third kappa shape index (κ3) is 24.4. The van der Waals surface area contributed by atoms with Crippen LogP contribution in [0.5, 0.6) is 0 Å². The van der Waals surface area contributed by atoms with E-state index >= 15 is 0 Å². The van der Waals surface area contributed by atoms with Crippen LogP contribution in [0.2, 0.25) is 0 Å². The lowest BCUT2D eigenvalue weighted by Crippen LogP contribution is -2.18. The molecule has 0 N–H and O–H groups in total. The molecule has 0 spiro atoms. The van der Waals surface area contributed by atoms with Gasteiger partial charge in [0.05, 0.1) is 5.75 Å². The average Bonchev–Trinajstić information content (AvgIpc) is 2.79. The Morgan fingerprint density at radius 2 is 0.971 bits per heavy atom. The summed E-state index contributed by atoms with van der Waals surface area (Å²) < 4.78 is 29.3. The summed E-state index contributed by atoms with van der Waals surface area (Å²) >= 11 is 0. The summed E-state index contributed by atoms with van der Waals surface area (Å²) in [4.78, 5) is 23.8. The molecule has 0 amide bonds. The number of carbonyl (C=O) groups excluding carboxylic acids is 2. The monoisotopic (exact) mass is 502 g/mol. The van der Waals surface area contributed by atoms with Gasteiger partial charge in [0, 0.05) is 33.0 Å². The quantitative estimate of drug-likeness (QED) is 0.109. The number of sulfone groups is 1. The minimum Gasteiger partial charge on any atom is -0.385 e. The van der Waals surface area contributed by atoms with Gasteiger partial charge in [-0.3, -0.25) is 9.59 Å². The number of ether oxygens (including phenoxy) is 1. The second-order valence-electron chi connectivity index (χ2n) is 9.92. The number of methoxy groups -OCH3 is 1. The number of hydrogen-bond donors (Lipinski definition) is 0. The molecular weight excluding hydrogens is 448 g/mol. The Bertz CT molecular complexity index is 586. The van der Waals surface area contributed by atoms with Crippen LogP contribution < -0.4 is 0 Å². The van der Waals surface area contributed by atoms with Gasteiger partial charge in [0.1, 0.15) is 17.3 Å². The average molecular weight is 503 g/mol. The number of carbonyl (C=O) groups is 2. The maximum Gasteiger partial charge on any atom is 0.157 e. The van der Waals surface area contributed by atoms with Gasteiger partial charge in [-0.2, -0.15) is 0 Å². The van der Waals surface area contributed by atoms with Crippen LogP contribution in [0.1, 0.15) is 142 Å². The highest BCUT2D eigenvalue weighted by atomic mass is 32.2. The van der Waals surface area contributed by atoms with E-state index in [0.717, 1.165) is 44.9 Å². The second-order valence-corrected chi connectivity index (χ2v) is 12.1. The molecule has 0 unspecified atom stereocenters. The van der Waals surface area contributed by atoms with Crippen molar-refractivity contribution in [3.63, 3.8) is 0 Å². The van der Waals surface area contributed by atoms with Gasteiger partial charge >= 0.3 is 0 Å². The fourth-order valence-corrected chi connectivity index (χ4v) is 5.67.